The second-order valence-corrected chi connectivity index (χ2v) is 6.50. The quantitative estimate of drug-likeness (QED) is 0.920. The molecule has 1 heterocycles. The van der Waals surface area contributed by atoms with E-state index >= 15 is 0 Å². The number of hydrogen-bond acceptors (Lipinski definition) is 4. The fourth-order valence-corrected chi connectivity index (χ4v) is 2.90. The highest BCUT2D eigenvalue weighted by molar-refractivity contribution is 5.00. The third-order valence-corrected chi connectivity index (χ3v) is 3.64. The maximum Gasteiger partial charge on any atom is 0.307 e. The van der Waals surface area contributed by atoms with E-state index in [9.17, 15) is 13.9 Å². The molecule has 1 atom stereocenters. The van der Waals surface area contributed by atoms with E-state index in [1.54, 1.807) is 0 Å². The first kappa shape index (κ1) is 14.4. The minimum absolute atomic E-state index is 0.0462. The van der Waals surface area contributed by atoms with E-state index in [2.05, 4.69) is 24.0 Å². The maximum absolute atomic E-state index is 13.0. The zero-order chi connectivity index (χ0) is 14.3. The molecule has 1 aromatic heterocycles. The van der Waals surface area contributed by atoms with E-state index in [0.29, 0.717) is 12.8 Å². The fourth-order valence-electron chi connectivity index (χ4n) is 2.90. The second-order valence-electron chi connectivity index (χ2n) is 6.50. The molecule has 1 N–H and O–H groups in total. The van der Waals surface area contributed by atoms with Gasteiger partial charge >= 0.3 is 5.92 Å². The van der Waals surface area contributed by atoms with Crippen LogP contribution in [-0.2, 0) is 12.3 Å². The Morgan fingerprint density at radius 3 is 2.58 bits per heavy atom. The number of aromatic nitrogens is 2. The number of rotatable bonds is 3. The highest BCUT2D eigenvalue weighted by Crippen LogP contribution is 2.42. The Morgan fingerprint density at radius 2 is 2.05 bits per heavy atom. The van der Waals surface area contributed by atoms with Gasteiger partial charge in [-0.15, -0.1) is 0 Å². The molecule has 2 rings (SSSR count). The first-order valence-corrected chi connectivity index (χ1v) is 6.53. The topological polar surface area (TPSA) is 59.2 Å². The van der Waals surface area contributed by atoms with Gasteiger partial charge in [-0.25, -0.2) is 0 Å². The molecule has 0 spiro atoms. The van der Waals surface area contributed by atoms with Crippen molar-refractivity contribution in [3.63, 3.8) is 0 Å². The number of halogens is 2. The molecule has 0 saturated heterocycles. The van der Waals surface area contributed by atoms with Crippen LogP contribution in [0.2, 0.25) is 0 Å². The summed E-state index contributed by atoms with van der Waals surface area (Å²) in [7, 11) is 0. The van der Waals surface area contributed by atoms with Crippen LogP contribution < -0.4 is 0 Å². The molecular weight excluding hydrogens is 254 g/mol. The fraction of sp³-hybridized carbons (Fsp3) is 0.846. The Balaban J connectivity index is 2.10. The van der Waals surface area contributed by atoms with Crippen molar-refractivity contribution < 1.29 is 18.4 Å². The lowest BCUT2D eigenvalue weighted by Crippen LogP contribution is -2.40. The average Bonchev–Trinajstić information content (AvgIpc) is 2.62. The number of alkyl halides is 2. The van der Waals surface area contributed by atoms with Gasteiger partial charge in [-0.2, -0.15) is 13.8 Å². The summed E-state index contributed by atoms with van der Waals surface area (Å²) < 4.78 is 30.9. The van der Waals surface area contributed by atoms with E-state index in [-0.39, 0.29) is 17.7 Å². The van der Waals surface area contributed by atoms with Gasteiger partial charge in [-0.3, -0.25) is 0 Å². The molecule has 108 valence electrons. The van der Waals surface area contributed by atoms with Crippen molar-refractivity contribution >= 4 is 0 Å². The summed E-state index contributed by atoms with van der Waals surface area (Å²) in [6.45, 7) is 4.91. The third-order valence-electron chi connectivity index (χ3n) is 3.64. The van der Waals surface area contributed by atoms with E-state index in [1.807, 2.05) is 0 Å². The lowest BCUT2D eigenvalue weighted by Gasteiger charge is -2.40. The highest BCUT2D eigenvalue weighted by atomic mass is 19.3. The van der Waals surface area contributed by atoms with Crippen molar-refractivity contribution in [2.45, 2.75) is 64.4 Å². The van der Waals surface area contributed by atoms with Gasteiger partial charge < -0.3 is 9.63 Å². The van der Waals surface area contributed by atoms with Gasteiger partial charge in [0.05, 0.1) is 12.0 Å². The number of nitrogens with zero attached hydrogens (tertiary/aromatic N) is 2. The molecule has 0 amide bonds. The van der Waals surface area contributed by atoms with Crippen LogP contribution >= 0.6 is 0 Å². The van der Waals surface area contributed by atoms with Crippen LogP contribution in [0.25, 0.3) is 0 Å². The van der Waals surface area contributed by atoms with Crippen LogP contribution in [0, 0.1) is 5.41 Å². The predicted molar refractivity (Wildman–Crippen MR) is 64.8 cm³/mol. The van der Waals surface area contributed by atoms with Gasteiger partial charge in [0.25, 0.3) is 0 Å². The van der Waals surface area contributed by atoms with Crippen molar-refractivity contribution in [1.29, 1.82) is 0 Å². The maximum atomic E-state index is 13.0. The zero-order valence-electron chi connectivity index (χ0n) is 11.5. The number of aliphatic hydroxyl groups is 1. The smallest absolute Gasteiger partial charge is 0.307 e. The first-order valence-electron chi connectivity index (χ1n) is 6.53. The summed E-state index contributed by atoms with van der Waals surface area (Å²) in [6.07, 6.45) is 3.35. The molecule has 0 aliphatic heterocycles. The molecule has 1 unspecified atom stereocenters. The minimum atomic E-state index is -3.11. The highest BCUT2D eigenvalue weighted by Gasteiger charge is 2.40. The van der Waals surface area contributed by atoms with Gasteiger partial charge in [0, 0.05) is 6.92 Å². The molecule has 4 nitrogen and oxygen atoms in total. The Hall–Kier alpha value is -1.04. The van der Waals surface area contributed by atoms with Crippen molar-refractivity contribution in [3.8, 4) is 0 Å². The Labute approximate surface area is 111 Å². The normalized spacial score (nSPS) is 27.5. The molecule has 1 aromatic rings. The largest absolute Gasteiger partial charge is 0.389 e. The molecular formula is C13H20F2N2O2. The SMILES string of the molecule is CC1(C)CCCC(O)(Cc2nc(C(C)(F)F)no2)C1. The van der Waals surface area contributed by atoms with Crippen LogP contribution in [0.15, 0.2) is 4.52 Å². The van der Waals surface area contributed by atoms with Gasteiger partial charge in [0.2, 0.25) is 11.7 Å². The Morgan fingerprint density at radius 1 is 1.37 bits per heavy atom. The minimum Gasteiger partial charge on any atom is -0.389 e. The molecule has 1 aliphatic carbocycles. The van der Waals surface area contributed by atoms with Crippen molar-refractivity contribution in [1.82, 2.24) is 10.1 Å². The molecule has 1 saturated carbocycles. The Kier molecular flexibility index (Phi) is 3.41. The van der Waals surface area contributed by atoms with E-state index < -0.39 is 17.3 Å². The predicted octanol–water partition coefficient (Wildman–Crippen LogP) is 3.06. The molecule has 0 bridgehead atoms. The van der Waals surface area contributed by atoms with Crippen LogP contribution in [0.1, 0.15) is 58.2 Å². The first-order chi connectivity index (χ1) is 8.60. The van der Waals surface area contributed by atoms with Crippen molar-refractivity contribution in [3.05, 3.63) is 11.7 Å². The second kappa shape index (κ2) is 4.51. The molecule has 19 heavy (non-hydrogen) atoms. The summed E-state index contributed by atoms with van der Waals surface area (Å²) in [4.78, 5) is 3.68. The van der Waals surface area contributed by atoms with E-state index in [0.717, 1.165) is 19.8 Å². The zero-order valence-corrected chi connectivity index (χ0v) is 11.5. The molecule has 0 aromatic carbocycles. The van der Waals surface area contributed by atoms with Crippen molar-refractivity contribution in [2.24, 2.45) is 5.41 Å². The van der Waals surface area contributed by atoms with Crippen LogP contribution in [0.3, 0.4) is 0 Å². The van der Waals surface area contributed by atoms with Gasteiger partial charge in [-0.1, -0.05) is 25.4 Å². The molecule has 6 heteroatoms. The van der Waals surface area contributed by atoms with Crippen LogP contribution in [0.4, 0.5) is 8.78 Å². The molecule has 1 aliphatic rings. The summed E-state index contributed by atoms with van der Waals surface area (Å²) in [5, 5.41) is 13.8. The monoisotopic (exact) mass is 274 g/mol. The van der Waals surface area contributed by atoms with Gasteiger partial charge in [-0.05, 0) is 24.7 Å². The standard InChI is InChI=1S/C13H20F2N2O2/c1-11(2)5-4-6-13(18,8-11)7-9-16-10(17-19-9)12(3,14)15/h18H,4-8H2,1-3H3. The summed E-state index contributed by atoms with van der Waals surface area (Å²) in [5.74, 6) is -3.66. The van der Waals surface area contributed by atoms with Crippen LogP contribution in [-0.4, -0.2) is 20.8 Å². The molecule has 1 fully saturated rings. The molecule has 0 radical (unpaired) electrons. The van der Waals surface area contributed by atoms with Gasteiger partial charge in [0.15, 0.2) is 0 Å². The third kappa shape index (κ3) is 3.49. The number of hydrogen-bond donors (Lipinski definition) is 1. The summed E-state index contributed by atoms with van der Waals surface area (Å²) >= 11 is 0. The van der Waals surface area contributed by atoms with E-state index in [1.165, 1.54) is 0 Å². The lowest BCUT2D eigenvalue weighted by molar-refractivity contribution is -0.0429. The summed E-state index contributed by atoms with van der Waals surface area (Å²) in [5.41, 5.74) is -0.890. The van der Waals surface area contributed by atoms with Gasteiger partial charge in [0.1, 0.15) is 0 Å². The van der Waals surface area contributed by atoms with E-state index in [4.69, 9.17) is 4.52 Å². The van der Waals surface area contributed by atoms with Crippen LogP contribution in [0.5, 0.6) is 0 Å². The average molecular weight is 274 g/mol. The van der Waals surface area contributed by atoms with Crippen molar-refractivity contribution in [2.75, 3.05) is 0 Å². The summed E-state index contributed by atoms with van der Waals surface area (Å²) in [6, 6.07) is 0. The lowest BCUT2D eigenvalue weighted by atomic mass is 9.69. The Bertz CT molecular complexity index is 454.